The Hall–Kier alpha value is -4.19. The summed E-state index contributed by atoms with van der Waals surface area (Å²) >= 11 is 0. The number of amides is 1. The number of aliphatic hydroxyl groups is 2. The van der Waals surface area contributed by atoms with Gasteiger partial charge in [-0.05, 0) is 61.4 Å². The number of hydrogen-bond acceptors (Lipinski definition) is 10. The molecule has 0 bridgehead atoms. The summed E-state index contributed by atoms with van der Waals surface area (Å²) in [7, 11) is 0. The second-order valence-corrected chi connectivity index (χ2v) is 9.62. The van der Waals surface area contributed by atoms with E-state index in [-0.39, 0.29) is 47.0 Å². The van der Waals surface area contributed by atoms with Crippen LogP contribution >= 0.6 is 12.4 Å². The van der Waals surface area contributed by atoms with E-state index in [2.05, 4.69) is 10.5 Å². The lowest BCUT2D eigenvalue weighted by Gasteiger charge is -2.45. The van der Waals surface area contributed by atoms with Crippen molar-refractivity contribution in [2.24, 2.45) is 16.8 Å². The van der Waals surface area contributed by atoms with Gasteiger partial charge in [0.1, 0.15) is 17.3 Å². The molecule has 11 nitrogen and oxygen atoms in total. The van der Waals surface area contributed by atoms with Crippen molar-refractivity contribution >= 4 is 46.4 Å². The minimum atomic E-state index is -2.67. The molecule has 2 aliphatic carbocycles. The molecule has 3 atom stereocenters. The third-order valence-electron chi connectivity index (χ3n) is 7.56. The highest BCUT2D eigenvalue weighted by Gasteiger charge is 2.60. The van der Waals surface area contributed by atoms with Crippen molar-refractivity contribution < 1.29 is 39.2 Å². The van der Waals surface area contributed by atoms with Gasteiger partial charge >= 0.3 is 5.91 Å². The Bertz CT molecular complexity index is 1630. The Kier molecular flexibility index (Phi) is 6.80. The summed E-state index contributed by atoms with van der Waals surface area (Å²) in [6.45, 7) is 4.62. The van der Waals surface area contributed by atoms with Crippen molar-refractivity contribution in [2.45, 2.75) is 38.8 Å². The number of ketones is 2. The first kappa shape index (κ1) is 27.8. The monoisotopic (exact) mass is 555 g/mol. The smallest absolute Gasteiger partial charge is 0.307 e. The Morgan fingerprint density at radius 1 is 1.15 bits per heavy atom. The lowest BCUT2D eigenvalue weighted by atomic mass is 9.61. The van der Waals surface area contributed by atoms with Gasteiger partial charge in [0.15, 0.2) is 17.1 Å². The quantitative estimate of drug-likeness (QED) is 0.208. The fraction of sp³-hybridized carbons (Fsp3) is 0.259. The number of furan rings is 1. The SMILES string of the molecule is C/C(=N\NC(=O)c1ccco1)C1=C(O)[C@@]2(O)C(=O)c3c(c(C)c4ccc(C)c(O)c4c3O)C[C@H]2[C@@H](N)C1=O.Cl. The van der Waals surface area contributed by atoms with Gasteiger partial charge in [0.25, 0.3) is 0 Å². The molecule has 0 aliphatic heterocycles. The van der Waals surface area contributed by atoms with Gasteiger partial charge in [-0.15, -0.1) is 12.4 Å². The molecule has 3 aromatic rings. The number of aliphatic hydroxyl groups excluding tert-OH is 1. The van der Waals surface area contributed by atoms with Crippen LogP contribution in [0.2, 0.25) is 0 Å². The number of benzene rings is 2. The fourth-order valence-electron chi connectivity index (χ4n) is 5.42. The molecule has 0 radical (unpaired) electrons. The first-order valence-corrected chi connectivity index (χ1v) is 11.8. The lowest BCUT2D eigenvalue weighted by Crippen LogP contribution is -2.63. The van der Waals surface area contributed by atoms with Gasteiger partial charge in [-0.25, -0.2) is 5.43 Å². The molecule has 1 heterocycles. The van der Waals surface area contributed by atoms with Crippen molar-refractivity contribution in [1.29, 1.82) is 0 Å². The Balaban J connectivity index is 0.00000353. The predicted octanol–water partition coefficient (Wildman–Crippen LogP) is 2.50. The van der Waals surface area contributed by atoms with Crippen molar-refractivity contribution in [2.75, 3.05) is 0 Å². The number of carbonyl (C=O) groups excluding carboxylic acids is 3. The number of nitrogens with two attached hydrogens (primary N) is 1. The third kappa shape index (κ3) is 3.81. The normalized spacial score (nSPS) is 22.8. The van der Waals surface area contributed by atoms with Crippen LogP contribution < -0.4 is 11.2 Å². The van der Waals surface area contributed by atoms with E-state index in [0.29, 0.717) is 22.1 Å². The summed E-state index contributed by atoms with van der Waals surface area (Å²) in [6, 6.07) is 4.83. The molecular formula is C27H26ClN3O8. The number of nitrogens with zero attached hydrogens (tertiary/aromatic N) is 1. The largest absolute Gasteiger partial charge is 0.508 e. The summed E-state index contributed by atoms with van der Waals surface area (Å²) in [4.78, 5) is 39.3. The van der Waals surface area contributed by atoms with E-state index in [1.54, 1.807) is 26.0 Å². The molecule has 0 fully saturated rings. The van der Waals surface area contributed by atoms with E-state index in [0.717, 1.165) is 0 Å². The minimum Gasteiger partial charge on any atom is -0.508 e. The number of phenols is 2. The van der Waals surface area contributed by atoms with Crippen LogP contribution in [0.4, 0.5) is 0 Å². The number of rotatable bonds is 3. The summed E-state index contributed by atoms with van der Waals surface area (Å²) in [5, 5.41) is 49.0. The molecular weight excluding hydrogens is 530 g/mol. The van der Waals surface area contributed by atoms with Crippen molar-refractivity contribution in [1.82, 2.24) is 5.43 Å². The van der Waals surface area contributed by atoms with Gasteiger partial charge in [0, 0.05) is 5.92 Å². The standard InChI is InChI=1S/C27H25N3O8.ClH/c1-10-6-7-13-11(2)14-9-15-20(28)23(33)17(12(3)29-30-26(36)16-5-4-8-38-16)24(34)27(15,37)25(35)19(14)22(32)18(13)21(10)31;/h4-8,15,20,31-32,34,37H,9,28H2,1-3H3,(H,30,36);1H/b29-12+;/t15-,20+,27+;/m0./s1. The van der Waals surface area contributed by atoms with E-state index in [9.17, 15) is 34.8 Å². The maximum atomic E-state index is 13.9. The van der Waals surface area contributed by atoms with E-state index in [4.69, 9.17) is 10.2 Å². The minimum absolute atomic E-state index is 0. The highest BCUT2D eigenvalue weighted by Crippen LogP contribution is 2.50. The maximum absolute atomic E-state index is 13.9. The van der Waals surface area contributed by atoms with Gasteiger partial charge in [0.2, 0.25) is 5.78 Å². The highest BCUT2D eigenvalue weighted by atomic mass is 35.5. The molecule has 1 amide bonds. The lowest BCUT2D eigenvalue weighted by molar-refractivity contribution is -0.122. The molecule has 12 heteroatoms. The van der Waals surface area contributed by atoms with Gasteiger partial charge < -0.3 is 30.6 Å². The number of hydrogen-bond donors (Lipinski definition) is 6. The van der Waals surface area contributed by atoms with Crippen LogP contribution in [0.3, 0.4) is 0 Å². The van der Waals surface area contributed by atoms with Crippen LogP contribution in [-0.4, -0.2) is 55.3 Å². The molecule has 2 aromatic carbocycles. The highest BCUT2D eigenvalue weighted by molar-refractivity contribution is 6.27. The number of phenolic OH excluding ortho intramolecular Hbond substituents is 2. The van der Waals surface area contributed by atoms with Crippen molar-refractivity contribution in [3.05, 3.63) is 69.9 Å². The summed E-state index contributed by atoms with van der Waals surface area (Å²) in [5.74, 6) is -5.64. The van der Waals surface area contributed by atoms with Crippen LogP contribution in [0.5, 0.6) is 11.5 Å². The average Bonchev–Trinajstić information content (AvgIpc) is 3.43. The molecule has 2 aliphatic rings. The third-order valence-corrected chi connectivity index (χ3v) is 7.56. The molecule has 204 valence electrons. The molecule has 1 aromatic heterocycles. The predicted molar refractivity (Wildman–Crippen MR) is 142 cm³/mol. The second-order valence-electron chi connectivity index (χ2n) is 9.62. The first-order chi connectivity index (χ1) is 17.9. The van der Waals surface area contributed by atoms with E-state index in [1.807, 2.05) is 0 Å². The van der Waals surface area contributed by atoms with Crippen LogP contribution in [0.15, 0.2) is 51.4 Å². The molecule has 0 saturated carbocycles. The number of carbonyl (C=O) groups is 3. The Morgan fingerprint density at radius 2 is 1.85 bits per heavy atom. The first-order valence-electron chi connectivity index (χ1n) is 11.8. The molecule has 0 unspecified atom stereocenters. The van der Waals surface area contributed by atoms with Gasteiger partial charge in [0.05, 0.1) is 34.5 Å². The van der Waals surface area contributed by atoms with Crippen LogP contribution in [0.25, 0.3) is 10.8 Å². The van der Waals surface area contributed by atoms with Gasteiger partial charge in [-0.1, -0.05) is 12.1 Å². The zero-order chi connectivity index (χ0) is 27.7. The average molecular weight is 556 g/mol. The van der Waals surface area contributed by atoms with Crippen LogP contribution in [0.1, 0.15) is 44.5 Å². The van der Waals surface area contributed by atoms with Crippen molar-refractivity contribution in [3.8, 4) is 11.5 Å². The van der Waals surface area contributed by atoms with Gasteiger partial charge in [-0.3, -0.25) is 14.4 Å². The zero-order valence-electron chi connectivity index (χ0n) is 21.1. The second kappa shape index (κ2) is 9.53. The van der Waals surface area contributed by atoms with Crippen molar-refractivity contribution in [3.63, 3.8) is 0 Å². The summed E-state index contributed by atoms with van der Waals surface area (Å²) in [5.41, 5.74) is 6.12. The molecule has 7 N–H and O–H groups in total. The van der Waals surface area contributed by atoms with Crippen LogP contribution in [0, 0.1) is 19.8 Å². The zero-order valence-corrected chi connectivity index (χ0v) is 21.9. The number of halogens is 1. The van der Waals surface area contributed by atoms with E-state index < -0.39 is 52.1 Å². The number of Topliss-reactive ketones (excluding diaryl/α,β-unsaturated/α-hetero) is 2. The maximum Gasteiger partial charge on any atom is 0.307 e. The number of fused-ring (bicyclic) bond motifs is 3. The molecule has 0 saturated heterocycles. The Labute approximate surface area is 228 Å². The molecule has 5 rings (SSSR count). The number of nitrogens with one attached hydrogen (secondary N) is 1. The Morgan fingerprint density at radius 3 is 2.49 bits per heavy atom. The van der Waals surface area contributed by atoms with Crippen LogP contribution in [-0.2, 0) is 11.2 Å². The number of aryl methyl sites for hydroxylation is 2. The summed E-state index contributed by atoms with van der Waals surface area (Å²) in [6.07, 6.45) is 1.17. The molecule has 39 heavy (non-hydrogen) atoms. The number of hydrazone groups is 1. The van der Waals surface area contributed by atoms with Gasteiger partial charge in [-0.2, -0.15) is 5.10 Å². The molecule has 0 spiro atoms. The van der Waals surface area contributed by atoms with E-state index in [1.165, 1.54) is 25.3 Å². The van der Waals surface area contributed by atoms with E-state index >= 15 is 0 Å². The summed E-state index contributed by atoms with van der Waals surface area (Å²) < 4.78 is 4.98. The fourth-order valence-corrected chi connectivity index (χ4v) is 5.42. The number of aromatic hydroxyl groups is 2. The topological polar surface area (TPSA) is 196 Å².